The van der Waals surface area contributed by atoms with Gasteiger partial charge in [-0.2, -0.15) is 0 Å². The van der Waals surface area contributed by atoms with E-state index < -0.39 is 0 Å². The molecule has 1 aliphatic heterocycles. The van der Waals surface area contributed by atoms with Gasteiger partial charge in [0.1, 0.15) is 0 Å². The molecule has 1 aromatic carbocycles. The van der Waals surface area contributed by atoms with Crippen LogP contribution >= 0.6 is 11.8 Å². The summed E-state index contributed by atoms with van der Waals surface area (Å²) in [5.74, 6) is 0.983. The number of hydrogen-bond donors (Lipinski definition) is 2. The number of hydrogen-bond acceptors (Lipinski definition) is 4. The number of rotatable bonds is 3. The summed E-state index contributed by atoms with van der Waals surface area (Å²) in [4.78, 5) is 1.26. The molecule has 0 amide bonds. The molecule has 1 aromatic rings. The van der Waals surface area contributed by atoms with E-state index in [1.807, 2.05) is 23.9 Å². The lowest BCUT2D eigenvalue weighted by molar-refractivity contribution is 0.0441. The van der Waals surface area contributed by atoms with Crippen LogP contribution in [0.25, 0.3) is 0 Å². The Bertz CT molecular complexity index is 351. The van der Waals surface area contributed by atoms with Gasteiger partial charge in [-0.05, 0) is 24.6 Å². The SMILES string of the molecule is Cc1ccc(N)cc1SCC1CNCCO1. The van der Waals surface area contributed by atoms with E-state index in [9.17, 15) is 0 Å². The Labute approximate surface area is 101 Å². The molecule has 16 heavy (non-hydrogen) atoms. The van der Waals surface area contributed by atoms with Crippen LogP contribution in [0, 0.1) is 6.92 Å². The van der Waals surface area contributed by atoms with Crippen molar-refractivity contribution in [1.29, 1.82) is 0 Å². The van der Waals surface area contributed by atoms with Gasteiger partial charge in [-0.1, -0.05) is 6.07 Å². The molecule has 88 valence electrons. The van der Waals surface area contributed by atoms with E-state index in [1.165, 1.54) is 10.5 Å². The van der Waals surface area contributed by atoms with Crippen molar-refractivity contribution in [3.63, 3.8) is 0 Å². The Hall–Kier alpha value is -0.710. The Kier molecular flexibility index (Phi) is 4.09. The number of anilines is 1. The van der Waals surface area contributed by atoms with Gasteiger partial charge in [0.25, 0.3) is 0 Å². The lowest BCUT2D eigenvalue weighted by Crippen LogP contribution is -2.39. The maximum absolute atomic E-state index is 5.78. The van der Waals surface area contributed by atoms with Gasteiger partial charge in [0.05, 0.1) is 12.7 Å². The number of ether oxygens (including phenoxy) is 1. The van der Waals surface area contributed by atoms with Crippen LogP contribution in [-0.2, 0) is 4.74 Å². The summed E-state index contributed by atoms with van der Waals surface area (Å²) in [6.07, 6.45) is 0.319. The summed E-state index contributed by atoms with van der Waals surface area (Å²) in [5, 5.41) is 3.33. The quantitative estimate of drug-likeness (QED) is 0.621. The molecule has 1 atom stereocenters. The van der Waals surface area contributed by atoms with Crippen LogP contribution in [0.1, 0.15) is 5.56 Å². The fourth-order valence-corrected chi connectivity index (χ4v) is 2.78. The smallest absolute Gasteiger partial charge is 0.0793 e. The minimum absolute atomic E-state index is 0.319. The van der Waals surface area contributed by atoms with E-state index in [1.54, 1.807) is 0 Å². The molecular formula is C12H18N2OS. The van der Waals surface area contributed by atoms with E-state index in [-0.39, 0.29) is 0 Å². The number of morpholine rings is 1. The molecule has 3 N–H and O–H groups in total. The Morgan fingerprint density at radius 3 is 3.19 bits per heavy atom. The van der Waals surface area contributed by atoms with Crippen molar-refractivity contribution in [3.05, 3.63) is 23.8 Å². The lowest BCUT2D eigenvalue weighted by atomic mass is 10.2. The molecule has 0 aromatic heterocycles. The third-order valence-electron chi connectivity index (χ3n) is 2.64. The maximum atomic E-state index is 5.78. The Morgan fingerprint density at radius 1 is 1.56 bits per heavy atom. The number of aryl methyl sites for hydroxylation is 1. The summed E-state index contributed by atoms with van der Waals surface area (Å²) in [7, 11) is 0. The molecule has 1 fully saturated rings. The van der Waals surface area contributed by atoms with Crippen LogP contribution in [0.2, 0.25) is 0 Å². The van der Waals surface area contributed by atoms with E-state index >= 15 is 0 Å². The average molecular weight is 238 g/mol. The molecule has 4 heteroatoms. The molecule has 0 aliphatic carbocycles. The molecule has 0 bridgehead atoms. The van der Waals surface area contributed by atoms with Gasteiger partial charge in [-0.25, -0.2) is 0 Å². The molecule has 1 heterocycles. The molecule has 1 aliphatic rings. The van der Waals surface area contributed by atoms with Crippen molar-refractivity contribution in [2.75, 3.05) is 31.2 Å². The number of nitrogens with two attached hydrogens (primary N) is 1. The Balaban J connectivity index is 1.90. The van der Waals surface area contributed by atoms with Crippen molar-refractivity contribution in [3.8, 4) is 0 Å². The highest BCUT2D eigenvalue weighted by Gasteiger charge is 2.13. The summed E-state index contributed by atoms with van der Waals surface area (Å²) < 4.78 is 5.66. The Morgan fingerprint density at radius 2 is 2.44 bits per heavy atom. The number of benzene rings is 1. The first kappa shape index (κ1) is 11.8. The van der Waals surface area contributed by atoms with Crippen molar-refractivity contribution >= 4 is 17.4 Å². The number of nitrogen functional groups attached to an aromatic ring is 1. The van der Waals surface area contributed by atoms with Gasteiger partial charge >= 0.3 is 0 Å². The van der Waals surface area contributed by atoms with Gasteiger partial charge in [-0.3, -0.25) is 0 Å². The zero-order valence-electron chi connectivity index (χ0n) is 9.53. The first-order valence-electron chi connectivity index (χ1n) is 5.57. The molecule has 2 rings (SSSR count). The summed E-state index contributed by atoms with van der Waals surface area (Å²) >= 11 is 1.82. The van der Waals surface area contributed by atoms with Crippen LogP contribution in [0.5, 0.6) is 0 Å². The standard InChI is InChI=1S/C12H18N2OS/c1-9-2-3-10(13)6-12(9)16-8-11-7-14-4-5-15-11/h2-3,6,11,14H,4-5,7-8,13H2,1H3. The third kappa shape index (κ3) is 3.14. The predicted molar refractivity (Wildman–Crippen MR) is 68.9 cm³/mol. The van der Waals surface area contributed by atoms with Crippen molar-refractivity contribution in [2.45, 2.75) is 17.9 Å². The van der Waals surface area contributed by atoms with Gasteiger partial charge < -0.3 is 15.8 Å². The normalized spacial score (nSPS) is 20.9. The van der Waals surface area contributed by atoms with Crippen LogP contribution in [0.15, 0.2) is 23.1 Å². The van der Waals surface area contributed by atoms with E-state index in [4.69, 9.17) is 10.5 Å². The molecular weight excluding hydrogens is 220 g/mol. The monoisotopic (exact) mass is 238 g/mol. The van der Waals surface area contributed by atoms with Crippen LogP contribution in [0.4, 0.5) is 5.69 Å². The highest BCUT2D eigenvalue weighted by molar-refractivity contribution is 7.99. The molecule has 3 nitrogen and oxygen atoms in total. The second-order valence-electron chi connectivity index (χ2n) is 4.03. The van der Waals surface area contributed by atoms with E-state index in [0.29, 0.717) is 6.10 Å². The molecule has 0 radical (unpaired) electrons. The maximum Gasteiger partial charge on any atom is 0.0793 e. The van der Waals surface area contributed by atoms with Crippen LogP contribution < -0.4 is 11.1 Å². The summed E-state index contributed by atoms with van der Waals surface area (Å²) in [6.45, 7) is 4.86. The van der Waals surface area contributed by atoms with Gasteiger partial charge in [-0.15, -0.1) is 11.8 Å². The van der Waals surface area contributed by atoms with Crippen molar-refractivity contribution < 1.29 is 4.74 Å². The fourth-order valence-electron chi connectivity index (χ4n) is 1.68. The summed E-state index contributed by atoms with van der Waals surface area (Å²) in [5.41, 5.74) is 7.89. The largest absolute Gasteiger partial charge is 0.399 e. The van der Waals surface area contributed by atoms with Crippen LogP contribution in [-0.4, -0.2) is 31.6 Å². The molecule has 1 saturated heterocycles. The average Bonchev–Trinajstić information content (AvgIpc) is 2.32. The zero-order valence-corrected chi connectivity index (χ0v) is 10.3. The highest BCUT2D eigenvalue weighted by atomic mass is 32.2. The number of nitrogens with one attached hydrogen (secondary N) is 1. The first-order valence-corrected chi connectivity index (χ1v) is 6.55. The number of thioether (sulfide) groups is 1. The van der Waals surface area contributed by atoms with Gasteiger partial charge in [0, 0.05) is 29.4 Å². The van der Waals surface area contributed by atoms with Crippen molar-refractivity contribution in [1.82, 2.24) is 5.32 Å². The molecule has 0 saturated carbocycles. The van der Waals surface area contributed by atoms with Crippen molar-refractivity contribution in [2.24, 2.45) is 0 Å². The second kappa shape index (κ2) is 5.57. The topological polar surface area (TPSA) is 47.3 Å². The molecule has 1 unspecified atom stereocenters. The predicted octanol–water partition coefficient (Wildman–Crippen LogP) is 1.66. The zero-order chi connectivity index (χ0) is 11.4. The lowest BCUT2D eigenvalue weighted by Gasteiger charge is -2.23. The van der Waals surface area contributed by atoms with Gasteiger partial charge in [0.2, 0.25) is 0 Å². The highest BCUT2D eigenvalue weighted by Crippen LogP contribution is 2.25. The minimum atomic E-state index is 0.319. The minimum Gasteiger partial charge on any atom is -0.399 e. The molecule has 0 spiro atoms. The summed E-state index contributed by atoms with van der Waals surface area (Å²) in [6, 6.07) is 6.05. The third-order valence-corrected chi connectivity index (χ3v) is 3.93. The fraction of sp³-hybridized carbons (Fsp3) is 0.500. The van der Waals surface area contributed by atoms with Gasteiger partial charge in [0.15, 0.2) is 0 Å². The van der Waals surface area contributed by atoms with E-state index in [2.05, 4.69) is 18.3 Å². The first-order chi connectivity index (χ1) is 7.75. The van der Waals surface area contributed by atoms with Crippen LogP contribution in [0.3, 0.4) is 0 Å². The second-order valence-corrected chi connectivity index (χ2v) is 5.09. The van der Waals surface area contributed by atoms with E-state index in [0.717, 1.165) is 31.1 Å².